The molecule has 0 amide bonds. The van der Waals surface area contributed by atoms with E-state index in [9.17, 15) is 0 Å². The number of hydrogen-bond donors (Lipinski definition) is 2. The van der Waals surface area contributed by atoms with Crippen LogP contribution in [0.25, 0.3) is 0 Å². The zero-order valence-corrected chi connectivity index (χ0v) is 11.7. The normalized spacial score (nSPS) is 23.6. The molecule has 1 aliphatic rings. The first kappa shape index (κ1) is 13.1. The molecule has 1 saturated heterocycles. The molecule has 3 heteroatoms. The maximum absolute atomic E-state index is 3.87. The van der Waals surface area contributed by atoms with Crippen molar-refractivity contribution >= 4 is 11.3 Å². The van der Waals surface area contributed by atoms with Crippen LogP contribution in [0, 0.1) is 5.92 Å². The molecule has 1 fully saturated rings. The fourth-order valence-electron chi connectivity index (χ4n) is 2.51. The van der Waals surface area contributed by atoms with Gasteiger partial charge in [-0.1, -0.05) is 19.9 Å². The van der Waals surface area contributed by atoms with Crippen molar-refractivity contribution in [2.75, 3.05) is 13.1 Å². The Morgan fingerprint density at radius 2 is 2.24 bits per heavy atom. The lowest BCUT2D eigenvalue weighted by Crippen LogP contribution is -2.35. The topological polar surface area (TPSA) is 24.1 Å². The Hall–Kier alpha value is -0.380. The van der Waals surface area contributed by atoms with Crippen LogP contribution in [0.5, 0.6) is 0 Å². The van der Waals surface area contributed by atoms with E-state index >= 15 is 0 Å². The maximum Gasteiger partial charge on any atom is 0.0440 e. The lowest BCUT2D eigenvalue weighted by molar-refractivity contribution is 0.345. The molecule has 0 saturated carbocycles. The van der Waals surface area contributed by atoms with Gasteiger partial charge in [-0.2, -0.15) is 0 Å². The average molecular weight is 252 g/mol. The van der Waals surface area contributed by atoms with Gasteiger partial charge in [0.05, 0.1) is 0 Å². The van der Waals surface area contributed by atoms with Crippen molar-refractivity contribution in [3.8, 4) is 0 Å². The Balaban J connectivity index is 1.97. The predicted octanol–water partition coefficient (Wildman–Crippen LogP) is 3.18. The van der Waals surface area contributed by atoms with Crippen molar-refractivity contribution in [3.05, 3.63) is 22.4 Å². The summed E-state index contributed by atoms with van der Waals surface area (Å²) < 4.78 is 0. The van der Waals surface area contributed by atoms with Crippen molar-refractivity contribution in [2.45, 2.75) is 45.2 Å². The second-order valence-electron chi connectivity index (χ2n) is 5.28. The van der Waals surface area contributed by atoms with E-state index < -0.39 is 0 Å². The molecule has 0 radical (unpaired) electrons. The second-order valence-corrected chi connectivity index (χ2v) is 6.26. The van der Waals surface area contributed by atoms with Crippen LogP contribution in [0.2, 0.25) is 0 Å². The molecule has 2 nitrogen and oxygen atoms in total. The molecule has 2 N–H and O–H groups in total. The highest BCUT2D eigenvalue weighted by Crippen LogP contribution is 2.27. The molecule has 0 spiro atoms. The summed E-state index contributed by atoms with van der Waals surface area (Å²) in [4.78, 5) is 1.48. The first-order chi connectivity index (χ1) is 8.27. The summed E-state index contributed by atoms with van der Waals surface area (Å²) in [6.07, 6.45) is 3.86. The van der Waals surface area contributed by atoms with Crippen LogP contribution in [-0.2, 0) is 0 Å². The van der Waals surface area contributed by atoms with Crippen molar-refractivity contribution in [1.29, 1.82) is 0 Å². The standard InChI is InChI=1S/C14H24N2S/c1-11(2)14(13-6-4-10-17-13)16-12-5-3-8-15-9-7-12/h4,6,10-12,14-16H,3,5,7-9H2,1-2H3. The van der Waals surface area contributed by atoms with E-state index in [4.69, 9.17) is 0 Å². The van der Waals surface area contributed by atoms with E-state index in [-0.39, 0.29) is 0 Å². The SMILES string of the molecule is CC(C)C(NC1CCCNCC1)c1cccs1. The summed E-state index contributed by atoms with van der Waals surface area (Å²) in [5, 5.41) is 9.53. The smallest absolute Gasteiger partial charge is 0.0440 e. The van der Waals surface area contributed by atoms with Crippen LogP contribution in [0.4, 0.5) is 0 Å². The molecule has 17 heavy (non-hydrogen) atoms. The Kier molecular flexibility index (Phi) is 5.01. The third-order valence-electron chi connectivity index (χ3n) is 3.51. The zero-order chi connectivity index (χ0) is 12.1. The Morgan fingerprint density at radius 1 is 1.35 bits per heavy atom. The molecule has 0 aliphatic carbocycles. The van der Waals surface area contributed by atoms with Gasteiger partial charge in [-0.05, 0) is 49.7 Å². The first-order valence-electron chi connectivity index (χ1n) is 6.77. The number of nitrogens with one attached hydrogen (secondary N) is 2. The van der Waals surface area contributed by atoms with E-state index in [0.717, 1.165) is 6.54 Å². The van der Waals surface area contributed by atoms with Crippen molar-refractivity contribution < 1.29 is 0 Å². The van der Waals surface area contributed by atoms with Crippen molar-refractivity contribution in [1.82, 2.24) is 10.6 Å². The van der Waals surface area contributed by atoms with E-state index in [1.807, 2.05) is 11.3 Å². The molecule has 2 rings (SSSR count). The van der Waals surface area contributed by atoms with Gasteiger partial charge >= 0.3 is 0 Å². The van der Waals surface area contributed by atoms with Gasteiger partial charge in [-0.15, -0.1) is 11.3 Å². The van der Waals surface area contributed by atoms with Crippen LogP contribution in [0.1, 0.15) is 44.0 Å². The fraction of sp³-hybridized carbons (Fsp3) is 0.714. The van der Waals surface area contributed by atoms with Crippen LogP contribution in [0.15, 0.2) is 17.5 Å². The van der Waals surface area contributed by atoms with Crippen molar-refractivity contribution in [2.24, 2.45) is 5.92 Å². The lowest BCUT2D eigenvalue weighted by atomic mass is 9.99. The van der Waals surface area contributed by atoms with Gasteiger partial charge in [0.25, 0.3) is 0 Å². The van der Waals surface area contributed by atoms with Crippen LogP contribution in [-0.4, -0.2) is 19.1 Å². The summed E-state index contributed by atoms with van der Waals surface area (Å²) in [5.74, 6) is 0.657. The van der Waals surface area contributed by atoms with Gasteiger partial charge in [0.15, 0.2) is 0 Å². The highest BCUT2D eigenvalue weighted by atomic mass is 32.1. The summed E-state index contributed by atoms with van der Waals surface area (Å²) in [6.45, 7) is 6.97. The average Bonchev–Trinajstić information content (AvgIpc) is 2.70. The molecular weight excluding hydrogens is 228 g/mol. The van der Waals surface area contributed by atoms with Gasteiger partial charge in [-0.25, -0.2) is 0 Å². The Bertz CT molecular complexity index is 300. The summed E-state index contributed by atoms with van der Waals surface area (Å²) in [7, 11) is 0. The minimum atomic E-state index is 0.526. The van der Waals surface area contributed by atoms with Gasteiger partial charge in [0.2, 0.25) is 0 Å². The highest BCUT2D eigenvalue weighted by Gasteiger charge is 2.21. The maximum atomic E-state index is 3.87. The minimum absolute atomic E-state index is 0.526. The summed E-state index contributed by atoms with van der Waals surface area (Å²) in [6, 6.07) is 5.63. The first-order valence-corrected chi connectivity index (χ1v) is 7.65. The zero-order valence-electron chi connectivity index (χ0n) is 10.9. The van der Waals surface area contributed by atoms with Gasteiger partial charge in [0.1, 0.15) is 0 Å². The fourth-order valence-corrected chi connectivity index (χ4v) is 3.47. The molecule has 2 heterocycles. The quantitative estimate of drug-likeness (QED) is 0.860. The minimum Gasteiger partial charge on any atom is -0.317 e. The van der Waals surface area contributed by atoms with Crippen molar-refractivity contribution in [3.63, 3.8) is 0 Å². The number of thiophene rings is 1. The van der Waals surface area contributed by atoms with E-state index in [0.29, 0.717) is 18.0 Å². The largest absolute Gasteiger partial charge is 0.317 e. The van der Waals surface area contributed by atoms with Crippen LogP contribution >= 0.6 is 11.3 Å². The summed E-state index contributed by atoms with van der Waals surface area (Å²) in [5.41, 5.74) is 0. The second kappa shape index (κ2) is 6.53. The molecule has 1 aliphatic heterocycles. The van der Waals surface area contributed by atoms with Gasteiger partial charge in [0, 0.05) is 17.0 Å². The molecule has 0 bridgehead atoms. The molecular formula is C14H24N2S. The predicted molar refractivity (Wildman–Crippen MR) is 75.5 cm³/mol. The third kappa shape index (κ3) is 3.80. The van der Waals surface area contributed by atoms with E-state index in [2.05, 4.69) is 42.0 Å². The molecule has 96 valence electrons. The molecule has 2 atom stereocenters. The van der Waals surface area contributed by atoms with E-state index in [1.165, 1.54) is 30.7 Å². The number of hydrogen-bond acceptors (Lipinski definition) is 3. The monoisotopic (exact) mass is 252 g/mol. The Morgan fingerprint density at radius 3 is 2.94 bits per heavy atom. The Labute approximate surface area is 109 Å². The molecule has 0 aromatic carbocycles. The molecule has 1 aromatic rings. The van der Waals surface area contributed by atoms with Crippen LogP contribution in [0.3, 0.4) is 0 Å². The highest BCUT2D eigenvalue weighted by molar-refractivity contribution is 7.10. The van der Waals surface area contributed by atoms with E-state index in [1.54, 1.807) is 0 Å². The number of rotatable bonds is 4. The molecule has 2 unspecified atom stereocenters. The molecule has 1 aromatic heterocycles. The lowest BCUT2D eigenvalue weighted by Gasteiger charge is -2.27. The third-order valence-corrected chi connectivity index (χ3v) is 4.46. The summed E-state index contributed by atoms with van der Waals surface area (Å²) >= 11 is 1.88. The van der Waals surface area contributed by atoms with Gasteiger partial charge in [-0.3, -0.25) is 0 Å². The van der Waals surface area contributed by atoms with Gasteiger partial charge < -0.3 is 10.6 Å². The van der Waals surface area contributed by atoms with Crippen LogP contribution < -0.4 is 10.6 Å².